The van der Waals surface area contributed by atoms with Crippen molar-refractivity contribution in [2.45, 2.75) is 6.54 Å². The van der Waals surface area contributed by atoms with E-state index in [1.807, 2.05) is 0 Å². The van der Waals surface area contributed by atoms with E-state index < -0.39 is 0 Å². The topological polar surface area (TPSA) is 106 Å². The molecule has 7 heteroatoms. The fourth-order valence-corrected chi connectivity index (χ4v) is 1.35. The number of ether oxygens (including phenoxy) is 1. The molecule has 0 atom stereocenters. The Kier molecular flexibility index (Phi) is 6.48. The lowest BCUT2D eigenvalue weighted by Crippen LogP contribution is -2.38. The molecule has 0 saturated carbocycles. The molecule has 104 valence electrons. The van der Waals surface area contributed by atoms with Gasteiger partial charge in [0, 0.05) is 32.0 Å². The number of nitrogens with zero attached hydrogens (tertiary/aromatic N) is 1. The highest BCUT2D eigenvalue weighted by molar-refractivity contribution is 5.96. The molecule has 1 rings (SSSR count). The first-order valence-corrected chi connectivity index (χ1v) is 5.86. The Morgan fingerprint density at radius 2 is 2.21 bits per heavy atom. The monoisotopic (exact) mass is 266 g/mol. The summed E-state index contributed by atoms with van der Waals surface area (Å²) in [5, 5.41) is 5.12. The normalized spacial score (nSPS) is 10.0. The maximum absolute atomic E-state index is 11.8. The van der Waals surface area contributed by atoms with Crippen molar-refractivity contribution in [3.8, 4) is 0 Å². The summed E-state index contributed by atoms with van der Waals surface area (Å²) in [6.07, 6.45) is 1.51. The van der Waals surface area contributed by atoms with Gasteiger partial charge in [0.05, 0.1) is 18.8 Å². The fraction of sp³-hybridized carbons (Fsp3) is 0.417. The zero-order valence-electron chi connectivity index (χ0n) is 10.8. The van der Waals surface area contributed by atoms with Gasteiger partial charge < -0.3 is 21.1 Å². The van der Waals surface area contributed by atoms with Crippen molar-refractivity contribution in [3.05, 3.63) is 29.6 Å². The molecule has 0 bridgehead atoms. The van der Waals surface area contributed by atoms with Gasteiger partial charge in [-0.3, -0.25) is 14.6 Å². The smallest absolute Gasteiger partial charge is 0.251 e. The van der Waals surface area contributed by atoms with E-state index in [2.05, 4.69) is 15.6 Å². The first-order valence-electron chi connectivity index (χ1n) is 5.86. The van der Waals surface area contributed by atoms with E-state index >= 15 is 0 Å². The molecule has 0 aliphatic rings. The summed E-state index contributed by atoms with van der Waals surface area (Å²) in [4.78, 5) is 27.1. The second-order valence-corrected chi connectivity index (χ2v) is 3.77. The molecule has 7 nitrogen and oxygen atoms in total. The average Bonchev–Trinajstić information content (AvgIpc) is 2.45. The van der Waals surface area contributed by atoms with Crippen LogP contribution in [0.1, 0.15) is 16.1 Å². The number of hydrogen-bond donors (Lipinski definition) is 3. The maximum Gasteiger partial charge on any atom is 0.251 e. The molecule has 0 aliphatic heterocycles. The summed E-state index contributed by atoms with van der Waals surface area (Å²) in [5.41, 5.74) is 6.49. The van der Waals surface area contributed by atoms with E-state index in [0.717, 1.165) is 0 Å². The van der Waals surface area contributed by atoms with Crippen LogP contribution in [0.15, 0.2) is 18.3 Å². The number of carbonyl (C=O) groups is 2. The van der Waals surface area contributed by atoms with Gasteiger partial charge in [-0.1, -0.05) is 0 Å². The van der Waals surface area contributed by atoms with Crippen LogP contribution in [-0.4, -0.2) is 43.6 Å². The third-order valence-electron chi connectivity index (χ3n) is 2.33. The number of carbonyl (C=O) groups excluding carboxylic acids is 2. The number of pyridine rings is 1. The molecule has 0 aromatic carbocycles. The Bertz CT molecular complexity index is 437. The first kappa shape index (κ1) is 15.1. The van der Waals surface area contributed by atoms with Crippen LogP contribution >= 0.6 is 0 Å². The highest BCUT2D eigenvalue weighted by atomic mass is 16.5. The van der Waals surface area contributed by atoms with Gasteiger partial charge in [-0.2, -0.15) is 0 Å². The van der Waals surface area contributed by atoms with Crippen molar-refractivity contribution >= 4 is 11.8 Å². The molecular weight excluding hydrogens is 248 g/mol. The Hall–Kier alpha value is -1.99. The summed E-state index contributed by atoms with van der Waals surface area (Å²) >= 11 is 0. The lowest BCUT2D eigenvalue weighted by molar-refractivity contribution is -0.120. The van der Waals surface area contributed by atoms with Crippen LogP contribution < -0.4 is 16.4 Å². The predicted molar refractivity (Wildman–Crippen MR) is 69.3 cm³/mol. The molecule has 0 radical (unpaired) electrons. The maximum atomic E-state index is 11.8. The zero-order chi connectivity index (χ0) is 14.1. The molecule has 19 heavy (non-hydrogen) atoms. The van der Waals surface area contributed by atoms with Gasteiger partial charge in [-0.05, 0) is 12.1 Å². The number of rotatable bonds is 7. The standard InChI is InChI=1S/C12H18N4O3/c1-19-5-4-15-11(17)8-16-12(18)9-2-3-14-10(6-9)7-13/h2-3,6H,4-5,7-8,13H2,1H3,(H,15,17)(H,16,18). The minimum atomic E-state index is -0.334. The quantitative estimate of drug-likeness (QED) is 0.551. The van der Waals surface area contributed by atoms with Gasteiger partial charge in [0.1, 0.15) is 0 Å². The van der Waals surface area contributed by atoms with Crippen molar-refractivity contribution in [1.29, 1.82) is 0 Å². The minimum Gasteiger partial charge on any atom is -0.383 e. The summed E-state index contributed by atoms with van der Waals surface area (Å²) in [5.74, 6) is -0.600. The van der Waals surface area contributed by atoms with Gasteiger partial charge in [0.2, 0.25) is 5.91 Å². The molecule has 1 aromatic rings. The van der Waals surface area contributed by atoms with Crippen LogP contribution in [0.4, 0.5) is 0 Å². The first-order chi connectivity index (χ1) is 9.17. The van der Waals surface area contributed by atoms with Gasteiger partial charge in [-0.15, -0.1) is 0 Å². The van der Waals surface area contributed by atoms with Crippen molar-refractivity contribution in [1.82, 2.24) is 15.6 Å². The molecular formula is C12H18N4O3. The van der Waals surface area contributed by atoms with E-state index in [1.165, 1.54) is 6.20 Å². The molecule has 0 unspecified atom stereocenters. The third kappa shape index (κ3) is 5.45. The molecule has 0 spiro atoms. The second-order valence-electron chi connectivity index (χ2n) is 3.77. The van der Waals surface area contributed by atoms with Crippen LogP contribution in [-0.2, 0) is 16.1 Å². The SMILES string of the molecule is COCCNC(=O)CNC(=O)c1ccnc(CN)c1. The molecule has 2 amide bonds. The summed E-state index contributed by atoms with van der Waals surface area (Å²) in [6, 6.07) is 3.16. The van der Waals surface area contributed by atoms with E-state index in [4.69, 9.17) is 10.5 Å². The van der Waals surface area contributed by atoms with Crippen molar-refractivity contribution in [3.63, 3.8) is 0 Å². The minimum absolute atomic E-state index is 0.0805. The van der Waals surface area contributed by atoms with Gasteiger partial charge >= 0.3 is 0 Å². The van der Waals surface area contributed by atoms with E-state index in [0.29, 0.717) is 24.4 Å². The molecule has 0 saturated heterocycles. The summed E-state index contributed by atoms with van der Waals surface area (Å²) in [6.45, 7) is 1.03. The number of hydrogen-bond acceptors (Lipinski definition) is 5. The van der Waals surface area contributed by atoms with E-state index in [-0.39, 0.29) is 24.9 Å². The predicted octanol–water partition coefficient (Wildman–Crippen LogP) is -0.967. The van der Waals surface area contributed by atoms with Gasteiger partial charge in [0.15, 0.2) is 0 Å². The van der Waals surface area contributed by atoms with E-state index in [1.54, 1.807) is 19.2 Å². The molecule has 1 heterocycles. The number of nitrogens with two attached hydrogens (primary N) is 1. The Labute approximate surface area is 111 Å². The van der Waals surface area contributed by atoms with Crippen LogP contribution in [0.25, 0.3) is 0 Å². The Morgan fingerprint density at radius 3 is 2.89 bits per heavy atom. The van der Waals surface area contributed by atoms with Crippen LogP contribution in [0.5, 0.6) is 0 Å². The highest BCUT2D eigenvalue weighted by Gasteiger charge is 2.08. The highest BCUT2D eigenvalue weighted by Crippen LogP contribution is 2.00. The average molecular weight is 266 g/mol. The lowest BCUT2D eigenvalue weighted by Gasteiger charge is -2.07. The number of methoxy groups -OCH3 is 1. The fourth-order valence-electron chi connectivity index (χ4n) is 1.35. The lowest BCUT2D eigenvalue weighted by atomic mass is 10.2. The number of aromatic nitrogens is 1. The number of nitrogens with one attached hydrogen (secondary N) is 2. The summed E-state index contributed by atoms with van der Waals surface area (Å²) in [7, 11) is 1.55. The Morgan fingerprint density at radius 1 is 1.42 bits per heavy atom. The van der Waals surface area contributed by atoms with Crippen LogP contribution in [0.2, 0.25) is 0 Å². The van der Waals surface area contributed by atoms with Crippen LogP contribution in [0, 0.1) is 0 Å². The largest absolute Gasteiger partial charge is 0.383 e. The molecule has 0 aliphatic carbocycles. The molecule has 1 aromatic heterocycles. The van der Waals surface area contributed by atoms with Crippen molar-refractivity contribution in [2.24, 2.45) is 5.73 Å². The van der Waals surface area contributed by atoms with E-state index in [9.17, 15) is 9.59 Å². The molecule has 4 N–H and O–H groups in total. The van der Waals surface area contributed by atoms with Gasteiger partial charge in [-0.25, -0.2) is 0 Å². The summed E-state index contributed by atoms with van der Waals surface area (Å²) < 4.78 is 4.79. The third-order valence-corrected chi connectivity index (χ3v) is 2.33. The number of amides is 2. The Balaban J connectivity index is 2.40. The molecule has 0 fully saturated rings. The van der Waals surface area contributed by atoms with Crippen molar-refractivity contribution < 1.29 is 14.3 Å². The van der Waals surface area contributed by atoms with Gasteiger partial charge in [0.25, 0.3) is 5.91 Å². The van der Waals surface area contributed by atoms with Crippen LogP contribution in [0.3, 0.4) is 0 Å². The second kappa shape index (κ2) is 8.17. The van der Waals surface area contributed by atoms with Crippen molar-refractivity contribution in [2.75, 3.05) is 26.8 Å². The zero-order valence-corrected chi connectivity index (χ0v) is 10.8.